The standard InChI is InChI=1S/C16H17N3O5/c1-3-23-16(22)15-12(24-9-13(17)20)8-14(21)19(18-15)11-7-5-4-6-10(11)2/h4-8H,3,9H2,1-2H3,(H2,17,20). The third-order valence-corrected chi connectivity index (χ3v) is 3.08. The van der Waals surface area contributed by atoms with Crippen LogP contribution in [0.1, 0.15) is 23.0 Å². The monoisotopic (exact) mass is 331 g/mol. The van der Waals surface area contributed by atoms with E-state index in [0.29, 0.717) is 5.69 Å². The molecule has 0 bridgehead atoms. The number of rotatable bonds is 6. The molecule has 8 heteroatoms. The number of amides is 1. The fourth-order valence-corrected chi connectivity index (χ4v) is 2.01. The number of ether oxygens (including phenoxy) is 2. The largest absolute Gasteiger partial charge is 0.481 e. The van der Waals surface area contributed by atoms with Crippen LogP contribution in [0.15, 0.2) is 35.1 Å². The molecule has 0 atom stereocenters. The van der Waals surface area contributed by atoms with Crippen molar-refractivity contribution in [1.82, 2.24) is 9.78 Å². The first-order valence-electron chi connectivity index (χ1n) is 7.22. The van der Waals surface area contributed by atoms with E-state index in [4.69, 9.17) is 15.2 Å². The van der Waals surface area contributed by atoms with E-state index in [1.54, 1.807) is 19.1 Å². The molecule has 24 heavy (non-hydrogen) atoms. The number of nitrogens with zero attached hydrogens (tertiary/aromatic N) is 2. The molecule has 0 unspecified atom stereocenters. The van der Waals surface area contributed by atoms with Gasteiger partial charge < -0.3 is 15.2 Å². The summed E-state index contributed by atoms with van der Waals surface area (Å²) in [4.78, 5) is 35.3. The van der Waals surface area contributed by atoms with Gasteiger partial charge in [0.15, 0.2) is 12.4 Å². The minimum atomic E-state index is -0.765. The van der Waals surface area contributed by atoms with Crippen LogP contribution in [0.2, 0.25) is 0 Å². The zero-order valence-corrected chi connectivity index (χ0v) is 13.3. The average Bonchev–Trinajstić information content (AvgIpc) is 2.54. The molecule has 1 aromatic heterocycles. The molecule has 0 aliphatic heterocycles. The first-order valence-corrected chi connectivity index (χ1v) is 7.22. The van der Waals surface area contributed by atoms with Crippen molar-refractivity contribution in [3.63, 3.8) is 0 Å². The maximum atomic E-state index is 12.3. The Bertz CT molecular complexity index is 829. The quantitative estimate of drug-likeness (QED) is 0.775. The van der Waals surface area contributed by atoms with Crippen LogP contribution in [0.3, 0.4) is 0 Å². The van der Waals surface area contributed by atoms with E-state index in [-0.39, 0.29) is 18.1 Å². The highest BCUT2D eigenvalue weighted by atomic mass is 16.5. The van der Waals surface area contributed by atoms with Crippen LogP contribution in [0.5, 0.6) is 5.75 Å². The molecule has 2 rings (SSSR count). The van der Waals surface area contributed by atoms with Crippen molar-refractivity contribution in [2.24, 2.45) is 5.73 Å². The number of carbonyl (C=O) groups is 2. The van der Waals surface area contributed by atoms with Crippen molar-refractivity contribution in [1.29, 1.82) is 0 Å². The molecule has 2 aromatic rings. The second-order valence-electron chi connectivity index (χ2n) is 4.87. The molecule has 0 aliphatic rings. The van der Waals surface area contributed by atoms with E-state index in [1.807, 2.05) is 19.1 Å². The van der Waals surface area contributed by atoms with E-state index < -0.39 is 24.0 Å². The smallest absolute Gasteiger partial charge is 0.362 e. The number of carbonyl (C=O) groups excluding carboxylic acids is 2. The summed E-state index contributed by atoms with van der Waals surface area (Å²) in [7, 11) is 0. The molecular weight excluding hydrogens is 314 g/mol. The third kappa shape index (κ3) is 3.78. The first kappa shape index (κ1) is 17.2. The van der Waals surface area contributed by atoms with Crippen LogP contribution in [0.25, 0.3) is 5.69 Å². The van der Waals surface area contributed by atoms with E-state index in [1.165, 1.54) is 0 Å². The van der Waals surface area contributed by atoms with Crippen molar-refractivity contribution < 1.29 is 19.1 Å². The Hall–Kier alpha value is -3.16. The van der Waals surface area contributed by atoms with Gasteiger partial charge in [0.1, 0.15) is 0 Å². The molecule has 0 radical (unpaired) electrons. The summed E-state index contributed by atoms with van der Waals surface area (Å²) in [6.07, 6.45) is 0. The number of aromatic nitrogens is 2. The van der Waals surface area contributed by atoms with Crippen molar-refractivity contribution in [2.75, 3.05) is 13.2 Å². The Labute approximate surface area is 137 Å². The Balaban J connectivity index is 2.57. The van der Waals surface area contributed by atoms with Gasteiger partial charge in [-0.3, -0.25) is 9.59 Å². The van der Waals surface area contributed by atoms with Gasteiger partial charge in [-0.05, 0) is 25.5 Å². The molecule has 1 aromatic carbocycles. The van der Waals surface area contributed by atoms with Gasteiger partial charge in [-0.1, -0.05) is 18.2 Å². The second kappa shape index (κ2) is 7.40. The number of esters is 1. The number of benzene rings is 1. The topological polar surface area (TPSA) is 114 Å². The normalized spacial score (nSPS) is 10.2. The van der Waals surface area contributed by atoms with E-state index in [2.05, 4.69) is 5.10 Å². The number of primary amides is 1. The van der Waals surface area contributed by atoms with Crippen molar-refractivity contribution in [3.8, 4) is 11.4 Å². The maximum Gasteiger partial charge on any atom is 0.362 e. The zero-order chi connectivity index (χ0) is 17.7. The summed E-state index contributed by atoms with van der Waals surface area (Å²) in [5, 5.41) is 4.05. The van der Waals surface area contributed by atoms with Gasteiger partial charge in [0.25, 0.3) is 11.5 Å². The van der Waals surface area contributed by atoms with Gasteiger partial charge in [-0.2, -0.15) is 9.78 Å². The highest BCUT2D eigenvalue weighted by Crippen LogP contribution is 2.17. The molecule has 0 saturated carbocycles. The van der Waals surface area contributed by atoms with Crippen molar-refractivity contribution in [2.45, 2.75) is 13.8 Å². The highest BCUT2D eigenvalue weighted by Gasteiger charge is 2.20. The van der Waals surface area contributed by atoms with Crippen LogP contribution in [-0.2, 0) is 9.53 Å². The Morgan fingerprint density at radius 2 is 2.00 bits per heavy atom. The summed E-state index contributed by atoms with van der Waals surface area (Å²) < 4.78 is 11.1. The van der Waals surface area contributed by atoms with Gasteiger partial charge in [0.05, 0.1) is 18.4 Å². The van der Waals surface area contributed by atoms with E-state index in [9.17, 15) is 14.4 Å². The van der Waals surface area contributed by atoms with Gasteiger partial charge in [0, 0.05) is 0 Å². The molecule has 0 aliphatic carbocycles. The summed E-state index contributed by atoms with van der Waals surface area (Å²) in [5.41, 5.74) is 5.62. The number of hydrogen-bond acceptors (Lipinski definition) is 6. The molecule has 1 amide bonds. The Morgan fingerprint density at radius 3 is 2.62 bits per heavy atom. The minimum absolute atomic E-state index is 0.124. The number of para-hydroxylation sites is 1. The average molecular weight is 331 g/mol. The fourth-order valence-electron chi connectivity index (χ4n) is 2.01. The highest BCUT2D eigenvalue weighted by molar-refractivity contribution is 5.90. The van der Waals surface area contributed by atoms with E-state index in [0.717, 1.165) is 16.3 Å². The number of aryl methyl sites for hydroxylation is 1. The van der Waals surface area contributed by atoms with Crippen LogP contribution in [0.4, 0.5) is 0 Å². The maximum absolute atomic E-state index is 12.3. The summed E-state index contributed by atoms with van der Waals surface area (Å²) in [6, 6.07) is 8.15. The second-order valence-corrected chi connectivity index (χ2v) is 4.87. The van der Waals surface area contributed by atoms with Gasteiger partial charge in [0.2, 0.25) is 5.69 Å². The lowest BCUT2D eigenvalue weighted by Crippen LogP contribution is -2.27. The van der Waals surface area contributed by atoms with Gasteiger partial charge in [-0.25, -0.2) is 4.79 Å². The lowest BCUT2D eigenvalue weighted by molar-refractivity contribution is -0.120. The van der Waals surface area contributed by atoms with Crippen LogP contribution in [-0.4, -0.2) is 34.9 Å². The fraction of sp³-hybridized carbons (Fsp3) is 0.250. The molecule has 1 heterocycles. The number of nitrogens with two attached hydrogens (primary N) is 1. The predicted octanol–water partition coefficient (Wildman–Crippen LogP) is 0.582. The number of hydrogen-bond donors (Lipinski definition) is 1. The molecule has 8 nitrogen and oxygen atoms in total. The van der Waals surface area contributed by atoms with Gasteiger partial charge in [-0.15, -0.1) is 0 Å². The van der Waals surface area contributed by atoms with Crippen molar-refractivity contribution >= 4 is 11.9 Å². The Morgan fingerprint density at radius 1 is 1.29 bits per heavy atom. The van der Waals surface area contributed by atoms with E-state index >= 15 is 0 Å². The summed E-state index contributed by atoms with van der Waals surface area (Å²) in [6.45, 7) is 3.09. The van der Waals surface area contributed by atoms with Gasteiger partial charge >= 0.3 is 5.97 Å². The van der Waals surface area contributed by atoms with Crippen molar-refractivity contribution in [3.05, 3.63) is 51.9 Å². The predicted molar refractivity (Wildman–Crippen MR) is 85.2 cm³/mol. The molecule has 0 saturated heterocycles. The van der Waals surface area contributed by atoms with Crippen LogP contribution in [0, 0.1) is 6.92 Å². The summed E-state index contributed by atoms with van der Waals surface area (Å²) in [5.74, 6) is -1.66. The molecule has 0 spiro atoms. The molecular formula is C16H17N3O5. The first-order chi connectivity index (χ1) is 11.4. The van der Waals surface area contributed by atoms with Crippen LogP contribution >= 0.6 is 0 Å². The zero-order valence-electron chi connectivity index (χ0n) is 13.3. The lowest BCUT2D eigenvalue weighted by Gasteiger charge is -2.12. The Kier molecular flexibility index (Phi) is 5.31. The SMILES string of the molecule is CCOC(=O)c1nn(-c2ccccc2C)c(=O)cc1OCC(N)=O. The van der Waals surface area contributed by atoms with Crippen LogP contribution < -0.4 is 16.0 Å². The molecule has 0 fully saturated rings. The minimum Gasteiger partial charge on any atom is -0.481 e. The summed E-state index contributed by atoms with van der Waals surface area (Å²) >= 11 is 0. The molecule has 126 valence electrons. The molecule has 2 N–H and O–H groups in total. The lowest BCUT2D eigenvalue weighted by atomic mass is 10.2. The third-order valence-electron chi connectivity index (χ3n) is 3.08.